The van der Waals surface area contributed by atoms with Gasteiger partial charge in [-0.1, -0.05) is 13.8 Å². The second-order valence-electron chi connectivity index (χ2n) is 9.98. The molecule has 2 aliphatic rings. The number of fused-ring (bicyclic) bond motifs is 1. The van der Waals surface area contributed by atoms with Crippen molar-refractivity contribution in [1.82, 2.24) is 29.3 Å². The molecule has 6 rings (SSSR count). The van der Waals surface area contributed by atoms with Crippen molar-refractivity contribution < 1.29 is 13.5 Å². The van der Waals surface area contributed by atoms with Crippen molar-refractivity contribution in [3.05, 3.63) is 59.4 Å². The quantitative estimate of drug-likeness (QED) is 0.374. The third-order valence-electron chi connectivity index (χ3n) is 7.05. The normalized spacial score (nSPS) is 20.7. The van der Waals surface area contributed by atoms with Crippen LogP contribution in [0, 0.1) is 11.6 Å². The van der Waals surface area contributed by atoms with Gasteiger partial charge in [-0.05, 0) is 37.8 Å². The predicted molar refractivity (Wildman–Crippen MR) is 127 cm³/mol. The molecule has 0 unspecified atom stereocenters. The van der Waals surface area contributed by atoms with Crippen molar-refractivity contribution in [3.8, 4) is 11.3 Å². The van der Waals surface area contributed by atoms with Crippen molar-refractivity contribution >= 4 is 11.2 Å². The summed E-state index contributed by atoms with van der Waals surface area (Å²) in [6, 6.07) is 4.11. The summed E-state index contributed by atoms with van der Waals surface area (Å²) >= 11 is 0. The van der Waals surface area contributed by atoms with Gasteiger partial charge in [-0.15, -0.1) is 0 Å². The number of hydrogen-bond donors (Lipinski definition) is 0. The summed E-state index contributed by atoms with van der Waals surface area (Å²) in [5.41, 5.74) is 2.93. The Bertz CT molecular complexity index is 1410. The van der Waals surface area contributed by atoms with E-state index in [2.05, 4.69) is 25.1 Å². The van der Waals surface area contributed by atoms with Crippen molar-refractivity contribution in [2.75, 3.05) is 6.61 Å². The standard InChI is InChI=1S/C26H28F2N6O/c1-14(2)26-32-25-23(33(26)3)22(19-7-4-17(27)11-20(19)28)30-24(31-25)15-8-9-35-21(10-15)16-12-29-34(13-16)18-5-6-18/h4,7,11-15,18,21H,5-6,8-10H2,1-3H3/t15-,21+/m1/s1. The summed E-state index contributed by atoms with van der Waals surface area (Å²) in [7, 11) is 1.89. The first-order valence-corrected chi connectivity index (χ1v) is 12.2. The molecule has 1 aliphatic heterocycles. The Morgan fingerprint density at radius 2 is 1.91 bits per heavy atom. The molecule has 182 valence electrons. The third-order valence-corrected chi connectivity index (χ3v) is 7.05. The molecule has 35 heavy (non-hydrogen) atoms. The Kier molecular flexibility index (Phi) is 5.40. The van der Waals surface area contributed by atoms with Gasteiger partial charge in [0.15, 0.2) is 5.65 Å². The van der Waals surface area contributed by atoms with E-state index in [1.54, 1.807) is 0 Å². The van der Waals surface area contributed by atoms with Crippen molar-refractivity contribution in [3.63, 3.8) is 0 Å². The summed E-state index contributed by atoms with van der Waals surface area (Å²) < 4.78 is 38.7. The molecule has 2 atom stereocenters. The Labute approximate surface area is 202 Å². The number of hydrogen-bond acceptors (Lipinski definition) is 5. The molecule has 4 aromatic rings. The smallest absolute Gasteiger partial charge is 0.181 e. The molecular weight excluding hydrogens is 450 g/mol. The van der Waals surface area contributed by atoms with E-state index in [1.807, 2.05) is 22.5 Å². The molecule has 3 aromatic heterocycles. The molecule has 9 heteroatoms. The zero-order valence-electron chi connectivity index (χ0n) is 20.1. The number of benzene rings is 1. The first-order chi connectivity index (χ1) is 16.9. The Hall–Kier alpha value is -3.20. The molecule has 0 amide bonds. The van der Waals surface area contributed by atoms with Gasteiger partial charge in [0.2, 0.25) is 0 Å². The summed E-state index contributed by atoms with van der Waals surface area (Å²) in [6.07, 6.45) is 7.69. The van der Waals surface area contributed by atoms with E-state index < -0.39 is 11.6 Å². The van der Waals surface area contributed by atoms with Gasteiger partial charge in [-0.2, -0.15) is 5.10 Å². The van der Waals surface area contributed by atoms with Crippen LogP contribution in [-0.4, -0.2) is 35.9 Å². The molecule has 4 heterocycles. The average molecular weight is 479 g/mol. The van der Waals surface area contributed by atoms with E-state index in [1.165, 1.54) is 25.0 Å². The Morgan fingerprint density at radius 3 is 2.66 bits per heavy atom. The predicted octanol–water partition coefficient (Wildman–Crippen LogP) is 5.60. The Morgan fingerprint density at radius 1 is 1.09 bits per heavy atom. The van der Waals surface area contributed by atoms with E-state index >= 15 is 0 Å². The zero-order valence-corrected chi connectivity index (χ0v) is 20.1. The Balaban J connectivity index is 1.42. The van der Waals surface area contributed by atoms with Crippen LogP contribution in [0.5, 0.6) is 0 Å². The molecule has 0 spiro atoms. The van der Waals surface area contributed by atoms with E-state index in [0.29, 0.717) is 41.8 Å². The van der Waals surface area contributed by atoms with Gasteiger partial charge < -0.3 is 9.30 Å². The van der Waals surface area contributed by atoms with Crippen LogP contribution in [0.1, 0.15) is 80.7 Å². The first-order valence-electron chi connectivity index (χ1n) is 12.2. The number of aryl methyl sites for hydroxylation is 1. The molecule has 1 saturated heterocycles. The lowest BCUT2D eigenvalue weighted by Crippen LogP contribution is -2.20. The largest absolute Gasteiger partial charge is 0.373 e. The highest BCUT2D eigenvalue weighted by Crippen LogP contribution is 2.40. The maximum Gasteiger partial charge on any atom is 0.181 e. The average Bonchev–Trinajstić information content (AvgIpc) is 3.47. The summed E-state index contributed by atoms with van der Waals surface area (Å²) in [6.45, 7) is 4.68. The van der Waals surface area contributed by atoms with Crippen LogP contribution in [0.2, 0.25) is 0 Å². The molecular formula is C26H28F2N6O. The minimum Gasteiger partial charge on any atom is -0.373 e. The van der Waals surface area contributed by atoms with Crippen LogP contribution in [-0.2, 0) is 11.8 Å². The lowest BCUT2D eigenvalue weighted by molar-refractivity contribution is 0.00396. The van der Waals surface area contributed by atoms with Crippen LogP contribution in [0.25, 0.3) is 22.4 Å². The van der Waals surface area contributed by atoms with Crippen LogP contribution in [0.15, 0.2) is 30.6 Å². The van der Waals surface area contributed by atoms with Crippen molar-refractivity contribution in [2.24, 2.45) is 7.05 Å². The second kappa shape index (κ2) is 8.48. The van der Waals surface area contributed by atoms with Crippen LogP contribution in [0.4, 0.5) is 8.78 Å². The molecule has 0 radical (unpaired) electrons. The topological polar surface area (TPSA) is 70.7 Å². The van der Waals surface area contributed by atoms with Crippen LogP contribution in [0.3, 0.4) is 0 Å². The second-order valence-corrected chi connectivity index (χ2v) is 9.98. The fourth-order valence-corrected chi connectivity index (χ4v) is 5.03. The molecule has 0 N–H and O–H groups in total. The number of ether oxygens (including phenoxy) is 1. The highest BCUT2D eigenvalue weighted by molar-refractivity contribution is 5.88. The number of aromatic nitrogens is 6. The van der Waals surface area contributed by atoms with E-state index in [0.717, 1.165) is 23.9 Å². The summed E-state index contributed by atoms with van der Waals surface area (Å²) in [5, 5.41) is 4.51. The third kappa shape index (κ3) is 4.01. The van der Waals surface area contributed by atoms with Gasteiger partial charge in [0.25, 0.3) is 0 Å². The van der Waals surface area contributed by atoms with E-state index in [4.69, 9.17) is 19.7 Å². The van der Waals surface area contributed by atoms with E-state index in [-0.39, 0.29) is 23.5 Å². The van der Waals surface area contributed by atoms with E-state index in [9.17, 15) is 8.78 Å². The fraction of sp³-hybridized carbons (Fsp3) is 0.462. The lowest BCUT2D eigenvalue weighted by atomic mass is 9.92. The first kappa shape index (κ1) is 22.3. The summed E-state index contributed by atoms with van der Waals surface area (Å²) in [5.74, 6) is 0.359. The van der Waals surface area contributed by atoms with Gasteiger partial charge in [-0.25, -0.2) is 23.7 Å². The van der Waals surface area contributed by atoms with Gasteiger partial charge in [0.05, 0.1) is 18.3 Å². The fourth-order valence-electron chi connectivity index (χ4n) is 5.03. The number of halogens is 2. The highest BCUT2D eigenvalue weighted by atomic mass is 19.1. The monoisotopic (exact) mass is 478 g/mol. The summed E-state index contributed by atoms with van der Waals surface area (Å²) in [4.78, 5) is 14.5. The van der Waals surface area contributed by atoms with Gasteiger partial charge in [0.1, 0.15) is 34.5 Å². The van der Waals surface area contributed by atoms with Gasteiger partial charge in [0, 0.05) is 48.9 Å². The minimum absolute atomic E-state index is 0.0224. The zero-order chi connectivity index (χ0) is 24.3. The van der Waals surface area contributed by atoms with Crippen LogP contribution >= 0.6 is 0 Å². The number of imidazole rings is 1. The number of nitrogens with zero attached hydrogens (tertiary/aromatic N) is 6. The molecule has 1 aliphatic carbocycles. The molecule has 2 fully saturated rings. The van der Waals surface area contributed by atoms with Crippen LogP contribution < -0.4 is 0 Å². The molecule has 1 saturated carbocycles. The van der Waals surface area contributed by atoms with Gasteiger partial charge in [-0.3, -0.25) is 4.68 Å². The van der Waals surface area contributed by atoms with Crippen molar-refractivity contribution in [2.45, 2.75) is 63.5 Å². The SMILES string of the molecule is CC(C)c1nc2nc([C@@H]3CCO[C@H](c4cnn(C5CC5)c4)C3)nc(-c3ccc(F)cc3F)c2n1C. The molecule has 1 aromatic carbocycles. The maximum atomic E-state index is 14.9. The lowest BCUT2D eigenvalue weighted by Gasteiger charge is -2.28. The maximum absolute atomic E-state index is 14.9. The number of rotatable bonds is 5. The molecule has 7 nitrogen and oxygen atoms in total. The minimum atomic E-state index is -0.652. The highest BCUT2D eigenvalue weighted by Gasteiger charge is 2.31. The van der Waals surface area contributed by atoms with Gasteiger partial charge >= 0.3 is 0 Å². The molecule has 0 bridgehead atoms. The van der Waals surface area contributed by atoms with Crippen molar-refractivity contribution in [1.29, 1.82) is 0 Å².